The van der Waals surface area contributed by atoms with Crippen LogP contribution < -0.4 is 5.32 Å². The third-order valence-corrected chi connectivity index (χ3v) is 7.36. The number of carbonyl (C=O) groups excluding carboxylic acids is 2. The van der Waals surface area contributed by atoms with Crippen LogP contribution in [0.1, 0.15) is 48.9 Å². The second-order valence-corrected chi connectivity index (χ2v) is 10.7. The zero-order chi connectivity index (χ0) is 33.6. The minimum absolute atomic E-state index is 0.0363. The van der Waals surface area contributed by atoms with Crippen molar-refractivity contribution in [2.45, 2.75) is 33.1 Å². The highest BCUT2D eigenvalue weighted by molar-refractivity contribution is 6.00. The fourth-order valence-electron chi connectivity index (χ4n) is 5.21. The minimum atomic E-state index is -0.921. The number of dihydropyridines is 1. The fraction of sp³-hybridized carbons (Fsp3) is 0.306. The number of esters is 2. The van der Waals surface area contributed by atoms with Crippen LogP contribution in [0.5, 0.6) is 0 Å². The lowest BCUT2D eigenvalue weighted by atomic mass is 9.80. The highest BCUT2D eigenvalue weighted by atomic mass is 16.6. The maximum Gasteiger partial charge on any atom is 0.336 e. The van der Waals surface area contributed by atoms with Gasteiger partial charge in [0.1, 0.15) is 6.61 Å². The van der Waals surface area contributed by atoms with Crippen molar-refractivity contribution in [1.82, 2.24) is 10.3 Å². The van der Waals surface area contributed by atoms with E-state index in [-0.39, 0.29) is 36.7 Å². The summed E-state index contributed by atoms with van der Waals surface area (Å²) in [6.45, 7) is 6.37. The highest BCUT2D eigenvalue weighted by Gasteiger charge is 2.38. The molecule has 1 N–H and O–H groups in total. The number of hydrogen-bond donors (Lipinski definition) is 1. The summed E-state index contributed by atoms with van der Waals surface area (Å²) >= 11 is 0. The van der Waals surface area contributed by atoms with Gasteiger partial charge in [0.15, 0.2) is 0 Å². The molecule has 0 amide bonds. The second kappa shape index (κ2) is 17.5. The molecule has 246 valence electrons. The average Bonchev–Trinajstić information content (AvgIpc) is 3.06. The first-order valence-electron chi connectivity index (χ1n) is 15.4. The summed E-state index contributed by atoms with van der Waals surface area (Å²) < 4.78 is 22.0. The van der Waals surface area contributed by atoms with E-state index in [2.05, 4.69) is 40.6 Å². The van der Waals surface area contributed by atoms with Gasteiger partial charge in [-0.2, -0.15) is 0 Å². The van der Waals surface area contributed by atoms with Crippen LogP contribution in [0.15, 0.2) is 102 Å². The minimum Gasteiger partial charge on any atom is -0.463 e. The topological polar surface area (TPSA) is 139 Å². The summed E-state index contributed by atoms with van der Waals surface area (Å²) in [6, 6.07) is 18.2. The van der Waals surface area contributed by atoms with E-state index in [0.29, 0.717) is 36.8 Å². The normalized spacial score (nSPS) is 14.7. The molecule has 0 saturated heterocycles. The van der Waals surface area contributed by atoms with Crippen molar-refractivity contribution in [1.29, 1.82) is 0 Å². The number of pyridine rings is 1. The van der Waals surface area contributed by atoms with Crippen LogP contribution in [-0.4, -0.2) is 61.5 Å². The predicted octanol–water partition coefficient (Wildman–Crippen LogP) is 5.67. The highest BCUT2D eigenvalue weighted by Crippen LogP contribution is 2.40. The van der Waals surface area contributed by atoms with Gasteiger partial charge in [-0.25, -0.2) is 9.59 Å². The SMILES string of the molecule is CCOC(=O)C1=C(C)NC(C)=C(C(=O)OCCOCCOCC=Cc2ccc(Cc3cccnc3)cc2)C1c1cccc([N+](=O)[O-])c1. The van der Waals surface area contributed by atoms with Gasteiger partial charge in [-0.05, 0) is 55.5 Å². The van der Waals surface area contributed by atoms with Gasteiger partial charge in [-0.1, -0.05) is 54.6 Å². The molecule has 0 fully saturated rings. The van der Waals surface area contributed by atoms with Gasteiger partial charge in [-0.3, -0.25) is 15.1 Å². The first-order valence-corrected chi connectivity index (χ1v) is 15.4. The molecule has 47 heavy (non-hydrogen) atoms. The zero-order valence-corrected chi connectivity index (χ0v) is 26.8. The van der Waals surface area contributed by atoms with E-state index in [1.165, 1.54) is 29.3 Å². The van der Waals surface area contributed by atoms with Crippen molar-refractivity contribution in [3.05, 3.63) is 134 Å². The Balaban J connectivity index is 1.23. The summed E-state index contributed by atoms with van der Waals surface area (Å²) in [6.07, 6.45) is 8.41. The average molecular weight is 642 g/mol. The van der Waals surface area contributed by atoms with E-state index >= 15 is 0 Å². The van der Waals surface area contributed by atoms with Crippen LogP contribution >= 0.6 is 0 Å². The summed E-state index contributed by atoms with van der Waals surface area (Å²) in [5.74, 6) is -2.22. The van der Waals surface area contributed by atoms with Crippen LogP contribution in [0.4, 0.5) is 5.69 Å². The first-order chi connectivity index (χ1) is 22.8. The van der Waals surface area contributed by atoms with Crippen molar-refractivity contribution < 1.29 is 33.5 Å². The predicted molar refractivity (Wildman–Crippen MR) is 176 cm³/mol. The maximum absolute atomic E-state index is 13.3. The number of allylic oxidation sites excluding steroid dienone is 2. The molecule has 1 atom stereocenters. The van der Waals surface area contributed by atoms with E-state index in [4.69, 9.17) is 18.9 Å². The number of nitrogens with zero attached hydrogens (tertiary/aromatic N) is 2. The molecule has 1 aliphatic heterocycles. The molecule has 11 heteroatoms. The second-order valence-electron chi connectivity index (χ2n) is 10.7. The number of nitrogens with one attached hydrogen (secondary N) is 1. The number of nitro benzene ring substituents is 1. The number of carbonyl (C=O) groups is 2. The van der Waals surface area contributed by atoms with Crippen molar-refractivity contribution in [2.24, 2.45) is 0 Å². The van der Waals surface area contributed by atoms with E-state index in [0.717, 1.165) is 12.0 Å². The van der Waals surface area contributed by atoms with Crippen LogP contribution in [0.2, 0.25) is 0 Å². The number of benzene rings is 2. The van der Waals surface area contributed by atoms with E-state index in [9.17, 15) is 19.7 Å². The number of rotatable bonds is 16. The van der Waals surface area contributed by atoms with Gasteiger partial charge in [0.2, 0.25) is 0 Å². The zero-order valence-electron chi connectivity index (χ0n) is 26.8. The summed E-state index contributed by atoms with van der Waals surface area (Å²) in [5, 5.41) is 14.5. The van der Waals surface area contributed by atoms with Crippen LogP contribution in [0, 0.1) is 10.1 Å². The number of nitro groups is 1. The molecule has 11 nitrogen and oxygen atoms in total. The molecule has 0 spiro atoms. The molecule has 3 aromatic rings. The Morgan fingerprint density at radius 1 is 0.894 bits per heavy atom. The van der Waals surface area contributed by atoms with Gasteiger partial charge in [0.25, 0.3) is 5.69 Å². The Bertz CT molecular complexity index is 1630. The van der Waals surface area contributed by atoms with Gasteiger partial charge in [0, 0.05) is 35.9 Å². The molecule has 1 aliphatic rings. The summed E-state index contributed by atoms with van der Waals surface area (Å²) in [4.78, 5) is 41.4. The Kier molecular flexibility index (Phi) is 13.0. The molecule has 0 aliphatic carbocycles. The Hall–Kier alpha value is -5.13. The van der Waals surface area contributed by atoms with E-state index in [1.807, 2.05) is 24.4 Å². The number of non-ortho nitro benzene ring substituents is 1. The lowest BCUT2D eigenvalue weighted by molar-refractivity contribution is -0.384. The van der Waals surface area contributed by atoms with Crippen LogP contribution in [-0.2, 0) is 35.0 Å². The van der Waals surface area contributed by atoms with Crippen LogP contribution in [0.3, 0.4) is 0 Å². The fourth-order valence-corrected chi connectivity index (χ4v) is 5.21. The van der Waals surface area contributed by atoms with Gasteiger partial charge >= 0.3 is 11.9 Å². The number of ether oxygens (including phenoxy) is 4. The Morgan fingerprint density at radius 3 is 2.28 bits per heavy atom. The molecular weight excluding hydrogens is 602 g/mol. The maximum atomic E-state index is 13.3. The molecule has 1 aromatic heterocycles. The molecule has 1 unspecified atom stereocenters. The third-order valence-electron chi connectivity index (χ3n) is 7.36. The Labute approximate surface area is 274 Å². The van der Waals surface area contributed by atoms with Crippen LogP contribution in [0.25, 0.3) is 6.08 Å². The molecule has 4 rings (SSSR count). The van der Waals surface area contributed by atoms with Gasteiger partial charge in [-0.15, -0.1) is 0 Å². The van der Waals surface area contributed by atoms with Crippen molar-refractivity contribution in [3.63, 3.8) is 0 Å². The van der Waals surface area contributed by atoms with Gasteiger partial charge < -0.3 is 24.3 Å². The summed E-state index contributed by atoms with van der Waals surface area (Å²) in [7, 11) is 0. The van der Waals surface area contributed by atoms with Gasteiger partial charge in [0.05, 0.1) is 55.0 Å². The number of hydrogen-bond acceptors (Lipinski definition) is 10. The third kappa shape index (κ3) is 9.93. The molecule has 0 saturated carbocycles. The van der Waals surface area contributed by atoms with E-state index < -0.39 is 22.8 Å². The quantitative estimate of drug-likeness (QED) is 0.0901. The monoisotopic (exact) mass is 641 g/mol. The first kappa shape index (κ1) is 34.7. The van der Waals surface area contributed by atoms with Crippen molar-refractivity contribution in [2.75, 3.05) is 39.6 Å². The molecule has 0 bridgehead atoms. The largest absolute Gasteiger partial charge is 0.463 e. The van der Waals surface area contributed by atoms with Crippen molar-refractivity contribution >= 4 is 23.7 Å². The number of aromatic nitrogens is 1. The lowest BCUT2D eigenvalue weighted by Gasteiger charge is -2.30. The molecule has 2 aromatic carbocycles. The standard InChI is InChI=1S/C36H39N3O8/c1-4-46-35(40)32-25(2)38-26(3)33(34(32)30-10-5-11-31(23-30)39(42)43)36(41)47-21-20-45-19-18-44-17-7-9-27-12-14-28(15-13-27)22-29-8-6-16-37-24-29/h5-16,23-24,34,38H,4,17-22H2,1-3H3. The molecule has 2 heterocycles. The molecular formula is C36H39N3O8. The summed E-state index contributed by atoms with van der Waals surface area (Å²) in [5.41, 5.74) is 5.01. The Morgan fingerprint density at radius 2 is 1.60 bits per heavy atom. The molecule has 0 radical (unpaired) electrons. The van der Waals surface area contributed by atoms with E-state index in [1.54, 1.807) is 33.0 Å². The van der Waals surface area contributed by atoms with Crippen molar-refractivity contribution in [3.8, 4) is 0 Å². The lowest BCUT2D eigenvalue weighted by Crippen LogP contribution is -2.33. The smallest absolute Gasteiger partial charge is 0.336 e.